The predicted octanol–water partition coefficient (Wildman–Crippen LogP) is 2.91. The maximum absolute atomic E-state index is 13.7. The first kappa shape index (κ1) is 18.3. The van der Waals surface area contributed by atoms with Gasteiger partial charge in [0.05, 0.1) is 6.04 Å². The molecule has 3 rings (SSSR count). The number of halogens is 1. The van der Waals surface area contributed by atoms with E-state index in [1.807, 2.05) is 13.0 Å². The van der Waals surface area contributed by atoms with Gasteiger partial charge in [0.25, 0.3) is 0 Å². The number of ether oxygens (including phenoxy) is 1. The van der Waals surface area contributed by atoms with Gasteiger partial charge < -0.3 is 15.4 Å². The number of rotatable bonds is 6. The molecule has 1 aromatic carbocycles. The van der Waals surface area contributed by atoms with E-state index in [9.17, 15) is 9.18 Å². The topological polar surface area (TPSA) is 50.4 Å². The molecule has 25 heavy (non-hydrogen) atoms. The number of carbonyl (C=O) groups is 1. The molecule has 138 valence electrons. The summed E-state index contributed by atoms with van der Waals surface area (Å²) in [6.07, 6.45) is 6.25. The van der Waals surface area contributed by atoms with E-state index in [1.165, 1.54) is 18.9 Å². The molecule has 4 nitrogen and oxygen atoms in total. The number of hydrogen-bond donors (Lipinski definition) is 2. The van der Waals surface area contributed by atoms with Gasteiger partial charge in [-0.1, -0.05) is 25.0 Å². The number of amides is 1. The van der Waals surface area contributed by atoms with E-state index >= 15 is 0 Å². The third-order valence-electron chi connectivity index (χ3n) is 5.73. The molecule has 0 aromatic heterocycles. The molecular weight excluding hydrogens is 319 g/mol. The third kappa shape index (κ3) is 4.59. The first-order valence-electron chi connectivity index (χ1n) is 9.47. The fraction of sp³-hybridized carbons (Fsp3) is 0.650. The quantitative estimate of drug-likeness (QED) is 0.831. The van der Waals surface area contributed by atoms with Gasteiger partial charge in [-0.2, -0.15) is 0 Å². The molecule has 2 fully saturated rings. The van der Waals surface area contributed by atoms with Crippen LogP contribution in [-0.4, -0.2) is 37.7 Å². The van der Waals surface area contributed by atoms with Crippen molar-refractivity contribution in [3.8, 4) is 0 Å². The summed E-state index contributed by atoms with van der Waals surface area (Å²) in [4.78, 5) is 12.4. The molecule has 1 unspecified atom stereocenters. The zero-order valence-corrected chi connectivity index (χ0v) is 15.0. The van der Waals surface area contributed by atoms with Gasteiger partial charge in [-0.3, -0.25) is 4.79 Å². The van der Waals surface area contributed by atoms with E-state index in [-0.39, 0.29) is 23.2 Å². The van der Waals surface area contributed by atoms with Crippen molar-refractivity contribution in [1.29, 1.82) is 0 Å². The molecule has 1 aromatic rings. The van der Waals surface area contributed by atoms with Crippen LogP contribution in [0.4, 0.5) is 4.39 Å². The summed E-state index contributed by atoms with van der Waals surface area (Å²) in [6.45, 7) is 3.89. The number of benzene rings is 1. The Morgan fingerprint density at radius 3 is 2.72 bits per heavy atom. The Bertz CT molecular complexity index is 581. The number of nitrogens with one attached hydrogen (secondary N) is 2. The van der Waals surface area contributed by atoms with E-state index in [0.717, 1.165) is 31.2 Å². The average molecular weight is 348 g/mol. The lowest BCUT2D eigenvalue weighted by molar-refractivity contribution is -0.123. The van der Waals surface area contributed by atoms with Gasteiger partial charge in [0.2, 0.25) is 5.91 Å². The molecule has 1 atom stereocenters. The second kappa shape index (κ2) is 8.28. The van der Waals surface area contributed by atoms with Gasteiger partial charge in [-0.25, -0.2) is 4.39 Å². The van der Waals surface area contributed by atoms with Gasteiger partial charge >= 0.3 is 0 Å². The number of carbonyl (C=O) groups excluding carboxylic acids is 1. The van der Waals surface area contributed by atoms with Crippen LogP contribution < -0.4 is 10.6 Å². The van der Waals surface area contributed by atoms with Crippen molar-refractivity contribution in [2.45, 2.75) is 62.9 Å². The Kier molecular flexibility index (Phi) is 6.07. The van der Waals surface area contributed by atoms with Crippen LogP contribution >= 0.6 is 0 Å². The lowest BCUT2D eigenvalue weighted by Gasteiger charge is -2.38. The molecular formula is C20H29FN2O2. The van der Waals surface area contributed by atoms with E-state index in [0.29, 0.717) is 25.8 Å². The summed E-state index contributed by atoms with van der Waals surface area (Å²) in [5.41, 5.74) is 0.814. The molecule has 1 amide bonds. The lowest BCUT2D eigenvalue weighted by atomic mass is 9.74. The van der Waals surface area contributed by atoms with Crippen LogP contribution in [-0.2, 0) is 14.9 Å². The van der Waals surface area contributed by atoms with Crippen molar-refractivity contribution >= 4 is 5.91 Å². The molecule has 1 heterocycles. The fourth-order valence-corrected chi connectivity index (χ4v) is 3.99. The van der Waals surface area contributed by atoms with Crippen LogP contribution in [0.3, 0.4) is 0 Å². The molecule has 2 aliphatic rings. The monoisotopic (exact) mass is 348 g/mol. The second-order valence-electron chi connectivity index (χ2n) is 7.50. The highest BCUT2D eigenvalue weighted by Crippen LogP contribution is 2.34. The minimum absolute atomic E-state index is 0.0633. The minimum Gasteiger partial charge on any atom is -0.381 e. The second-order valence-corrected chi connectivity index (χ2v) is 7.50. The number of hydrogen-bond acceptors (Lipinski definition) is 3. The Hall–Kier alpha value is -1.46. The van der Waals surface area contributed by atoms with E-state index in [4.69, 9.17) is 4.74 Å². The van der Waals surface area contributed by atoms with E-state index in [1.54, 1.807) is 12.1 Å². The van der Waals surface area contributed by atoms with Crippen molar-refractivity contribution in [1.82, 2.24) is 10.6 Å². The van der Waals surface area contributed by atoms with Gasteiger partial charge in [0.1, 0.15) is 5.82 Å². The Balaban J connectivity index is 1.63. The Labute approximate surface area is 149 Å². The lowest BCUT2D eigenvalue weighted by Crippen LogP contribution is -2.51. The fourth-order valence-electron chi connectivity index (χ4n) is 3.99. The van der Waals surface area contributed by atoms with Crippen LogP contribution in [0, 0.1) is 5.82 Å². The standard InChI is InChI=1S/C20H29FN2O2/c1-15(19(24)23-18-7-2-3-8-18)22-14-20(9-11-25-12-10-20)16-5-4-6-17(21)13-16/h4-6,13,15,18,22H,2-3,7-12,14H2,1H3,(H,23,24). The van der Waals surface area contributed by atoms with Gasteiger partial charge in [0, 0.05) is 31.2 Å². The van der Waals surface area contributed by atoms with Gasteiger partial charge in [-0.15, -0.1) is 0 Å². The van der Waals surface area contributed by atoms with Crippen LogP contribution in [0.15, 0.2) is 24.3 Å². The third-order valence-corrected chi connectivity index (χ3v) is 5.73. The van der Waals surface area contributed by atoms with E-state index in [2.05, 4.69) is 10.6 Å². The highest BCUT2D eigenvalue weighted by Gasteiger charge is 2.35. The zero-order chi connectivity index (χ0) is 17.7. The van der Waals surface area contributed by atoms with Crippen molar-refractivity contribution in [2.24, 2.45) is 0 Å². The van der Waals surface area contributed by atoms with E-state index < -0.39 is 0 Å². The Morgan fingerprint density at radius 2 is 2.04 bits per heavy atom. The normalized spacial score (nSPS) is 21.8. The SMILES string of the molecule is CC(NCC1(c2cccc(F)c2)CCOCC1)C(=O)NC1CCCC1. The van der Waals surface area contributed by atoms with Crippen LogP contribution in [0.25, 0.3) is 0 Å². The molecule has 1 aliphatic carbocycles. The first-order valence-corrected chi connectivity index (χ1v) is 9.47. The molecule has 2 N–H and O–H groups in total. The van der Waals surface area contributed by atoms with Gasteiger partial charge in [0.15, 0.2) is 0 Å². The Morgan fingerprint density at radius 1 is 1.32 bits per heavy atom. The van der Waals surface area contributed by atoms with Crippen molar-refractivity contribution < 1.29 is 13.9 Å². The van der Waals surface area contributed by atoms with Crippen molar-refractivity contribution in [2.75, 3.05) is 19.8 Å². The summed E-state index contributed by atoms with van der Waals surface area (Å²) < 4.78 is 19.2. The molecule has 5 heteroatoms. The highest BCUT2D eigenvalue weighted by molar-refractivity contribution is 5.81. The highest BCUT2D eigenvalue weighted by atomic mass is 19.1. The van der Waals surface area contributed by atoms with Crippen LogP contribution in [0.1, 0.15) is 51.0 Å². The maximum Gasteiger partial charge on any atom is 0.237 e. The summed E-state index contributed by atoms with van der Waals surface area (Å²) in [5.74, 6) is -0.149. The summed E-state index contributed by atoms with van der Waals surface area (Å²) in [5, 5.41) is 6.54. The molecule has 1 saturated carbocycles. The summed E-state index contributed by atoms with van der Waals surface area (Å²) in [7, 11) is 0. The van der Waals surface area contributed by atoms with Gasteiger partial charge in [-0.05, 0) is 50.3 Å². The van der Waals surface area contributed by atoms with Crippen LogP contribution in [0.2, 0.25) is 0 Å². The first-order chi connectivity index (χ1) is 12.1. The van der Waals surface area contributed by atoms with Crippen molar-refractivity contribution in [3.05, 3.63) is 35.6 Å². The molecule has 1 saturated heterocycles. The summed E-state index contributed by atoms with van der Waals surface area (Å²) in [6, 6.07) is 6.92. The molecule has 0 spiro atoms. The van der Waals surface area contributed by atoms with Crippen LogP contribution in [0.5, 0.6) is 0 Å². The predicted molar refractivity (Wildman–Crippen MR) is 96.0 cm³/mol. The van der Waals surface area contributed by atoms with Crippen molar-refractivity contribution in [3.63, 3.8) is 0 Å². The smallest absolute Gasteiger partial charge is 0.237 e. The maximum atomic E-state index is 13.7. The molecule has 1 aliphatic heterocycles. The summed E-state index contributed by atoms with van der Waals surface area (Å²) >= 11 is 0. The molecule has 0 radical (unpaired) electrons. The largest absolute Gasteiger partial charge is 0.381 e. The molecule has 0 bridgehead atoms. The minimum atomic E-state index is -0.256. The zero-order valence-electron chi connectivity index (χ0n) is 15.0. The average Bonchev–Trinajstić information content (AvgIpc) is 3.13.